The number of carbonyl (C=O) groups is 1. The number of aromatic nitrogens is 1. The summed E-state index contributed by atoms with van der Waals surface area (Å²) in [7, 11) is 0. The molecule has 2 aromatic rings. The molecule has 25 heavy (non-hydrogen) atoms. The molecule has 1 saturated heterocycles. The van der Waals surface area contributed by atoms with Gasteiger partial charge >= 0.3 is 0 Å². The Kier molecular flexibility index (Phi) is 5.60. The van der Waals surface area contributed by atoms with E-state index in [9.17, 15) is 9.18 Å². The fourth-order valence-electron chi connectivity index (χ4n) is 2.59. The van der Waals surface area contributed by atoms with E-state index in [-0.39, 0.29) is 11.7 Å². The van der Waals surface area contributed by atoms with E-state index in [1.165, 1.54) is 12.3 Å². The highest BCUT2D eigenvalue weighted by Gasteiger charge is 2.15. The first-order valence-corrected chi connectivity index (χ1v) is 8.36. The van der Waals surface area contributed by atoms with Gasteiger partial charge in [-0.05, 0) is 49.4 Å². The third-order valence-electron chi connectivity index (χ3n) is 4.24. The molecular weight excluding hydrogens is 323 g/mol. The van der Waals surface area contributed by atoms with E-state index in [2.05, 4.69) is 10.3 Å². The Balaban J connectivity index is 1.55. The molecule has 1 fully saturated rings. The molecule has 0 radical (unpaired) electrons. The quantitative estimate of drug-likeness (QED) is 0.900. The van der Waals surface area contributed by atoms with Crippen LogP contribution in [0.15, 0.2) is 36.5 Å². The van der Waals surface area contributed by atoms with E-state index in [0.717, 1.165) is 26.1 Å². The van der Waals surface area contributed by atoms with Crippen LogP contribution >= 0.6 is 0 Å². The van der Waals surface area contributed by atoms with Crippen LogP contribution in [0.1, 0.15) is 28.8 Å². The minimum absolute atomic E-state index is 0.341. The fraction of sp³-hybridized carbons (Fsp3) is 0.368. The van der Waals surface area contributed by atoms with Crippen molar-refractivity contribution in [1.29, 1.82) is 0 Å². The summed E-state index contributed by atoms with van der Waals surface area (Å²) in [5, 5.41) is 2.66. The lowest BCUT2D eigenvalue weighted by Gasteiger charge is -2.21. The van der Waals surface area contributed by atoms with Crippen molar-refractivity contribution in [2.75, 3.05) is 25.1 Å². The summed E-state index contributed by atoms with van der Waals surface area (Å²) in [4.78, 5) is 16.4. The number of amides is 1. The van der Waals surface area contributed by atoms with Crippen LogP contribution < -0.4 is 10.1 Å². The smallest absolute Gasteiger partial charge is 0.257 e. The molecule has 2 heterocycles. The zero-order valence-electron chi connectivity index (χ0n) is 14.1. The van der Waals surface area contributed by atoms with Crippen molar-refractivity contribution < 1.29 is 18.7 Å². The number of nitrogens with zero attached hydrogens (tertiary/aromatic N) is 1. The Morgan fingerprint density at radius 1 is 1.32 bits per heavy atom. The summed E-state index contributed by atoms with van der Waals surface area (Å²) in [6.07, 6.45) is 3.44. The highest BCUT2D eigenvalue weighted by atomic mass is 19.1. The van der Waals surface area contributed by atoms with E-state index in [4.69, 9.17) is 9.47 Å². The SMILES string of the molecule is Cc1ccc(NC(=O)c2ccc(OCC3CCOCC3)nc2)cc1F. The average Bonchev–Trinajstić information content (AvgIpc) is 2.64. The van der Waals surface area contributed by atoms with Gasteiger partial charge in [0.2, 0.25) is 5.88 Å². The van der Waals surface area contributed by atoms with E-state index < -0.39 is 0 Å². The molecule has 1 aromatic heterocycles. The van der Waals surface area contributed by atoms with Crippen LogP contribution in [0.2, 0.25) is 0 Å². The Morgan fingerprint density at radius 3 is 2.80 bits per heavy atom. The van der Waals surface area contributed by atoms with E-state index in [1.807, 2.05) is 0 Å². The lowest BCUT2D eigenvalue weighted by Crippen LogP contribution is -2.21. The second kappa shape index (κ2) is 8.07. The summed E-state index contributed by atoms with van der Waals surface area (Å²) in [6.45, 7) is 3.83. The molecule has 1 N–H and O–H groups in total. The number of anilines is 1. The molecule has 1 aromatic carbocycles. The van der Waals surface area contributed by atoms with E-state index >= 15 is 0 Å². The summed E-state index contributed by atoms with van der Waals surface area (Å²) in [6, 6.07) is 7.90. The number of benzene rings is 1. The predicted molar refractivity (Wildman–Crippen MR) is 92.4 cm³/mol. The van der Waals surface area contributed by atoms with Crippen molar-refractivity contribution in [3.63, 3.8) is 0 Å². The second-order valence-electron chi connectivity index (χ2n) is 6.17. The maximum atomic E-state index is 13.5. The van der Waals surface area contributed by atoms with Gasteiger partial charge in [0.15, 0.2) is 0 Å². The van der Waals surface area contributed by atoms with Gasteiger partial charge < -0.3 is 14.8 Å². The van der Waals surface area contributed by atoms with Crippen LogP contribution in [-0.2, 0) is 4.74 Å². The number of nitrogens with one attached hydrogen (secondary N) is 1. The van der Waals surface area contributed by atoms with Crippen molar-refractivity contribution in [2.24, 2.45) is 5.92 Å². The molecule has 0 saturated carbocycles. The summed E-state index contributed by atoms with van der Waals surface area (Å²) in [5.74, 6) is 0.277. The Bertz CT molecular complexity index is 728. The first-order valence-electron chi connectivity index (χ1n) is 8.36. The number of hydrogen-bond acceptors (Lipinski definition) is 4. The van der Waals surface area contributed by atoms with Crippen molar-refractivity contribution in [1.82, 2.24) is 4.98 Å². The Morgan fingerprint density at radius 2 is 2.12 bits per heavy atom. The van der Waals surface area contributed by atoms with Crippen molar-refractivity contribution in [3.8, 4) is 5.88 Å². The van der Waals surface area contributed by atoms with Gasteiger partial charge in [0.05, 0.1) is 12.2 Å². The van der Waals surface area contributed by atoms with Crippen LogP contribution in [0, 0.1) is 18.7 Å². The van der Waals surface area contributed by atoms with E-state index in [1.54, 1.807) is 31.2 Å². The number of ether oxygens (including phenoxy) is 2. The zero-order valence-corrected chi connectivity index (χ0v) is 14.1. The largest absolute Gasteiger partial charge is 0.477 e. The fourth-order valence-corrected chi connectivity index (χ4v) is 2.59. The molecule has 0 atom stereocenters. The molecule has 5 nitrogen and oxygen atoms in total. The maximum absolute atomic E-state index is 13.5. The number of hydrogen-bond donors (Lipinski definition) is 1. The monoisotopic (exact) mass is 344 g/mol. The molecule has 0 aliphatic carbocycles. The van der Waals surface area contributed by atoms with Gasteiger partial charge in [0.1, 0.15) is 5.82 Å². The zero-order chi connectivity index (χ0) is 17.6. The number of pyridine rings is 1. The molecule has 6 heteroatoms. The number of aryl methyl sites for hydroxylation is 1. The Labute approximate surface area is 146 Å². The predicted octanol–water partition coefficient (Wildman–Crippen LogP) is 3.59. The third kappa shape index (κ3) is 4.76. The molecular formula is C19H21FN2O3. The molecule has 0 spiro atoms. The maximum Gasteiger partial charge on any atom is 0.257 e. The number of carbonyl (C=O) groups excluding carboxylic acids is 1. The minimum atomic E-state index is -0.354. The first-order chi connectivity index (χ1) is 12.1. The van der Waals surface area contributed by atoms with Gasteiger partial charge in [0.25, 0.3) is 5.91 Å². The van der Waals surface area contributed by atoms with Crippen molar-refractivity contribution in [2.45, 2.75) is 19.8 Å². The number of rotatable bonds is 5. The number of halogens is 1. The summed E-state index contributed by atoms with van der Waals surface area (Å²) in [5.41, 5.74) is 1.33. The summed E-state index contributed by atoms with van der Waals surface area (Å²) < 4.78 is 24.5. The van der Waals surface area contributed by atoms with Crippen LogP contribution in [0.3, 0.4) is 0 Å². The highest BCUT2D eigenvalue weighted by molar-refractivity contribution is 6.04. The van der Waals surface area contributed by atoms with Gasteiger partial charge in [-0.2, -0.15) is 0 Å². The lowest BCUT2D eigenvalue weighted by molar-refractivity contribution is 0.0490. The molecule has 1 aliphatic rings. The van der Waals surface area contributed by atoms with Crippen LogP contribution in [0.5, 0.6) is 5.88 Å². The van der Waals surface area contributed by atoms with Gasteiger partial charge in [0, 0.05) is 31.2 Å². The standard InChI is InChI=1S/C19H21FN2O3/c1-13-2-4-16(10-17(13)20)22-19(23)15-3-5-18(21-11-15)25-12-14-6-8-24-9-7-14/h2-5,10-11,14H,6-9,12H2,1H3,(H,22,23). The second-order valence-corrected chi connectivity index (χ2v) is 6.17. The van der Waals surface area contributed by atoms with Gasteiger partial charge in [-0.3, -0.25) is 4.79 Å². The summed E-state index contributed by atoms with van der Waals surface area (Å²) >= 11 is 0. The van der Waals surface area contributed by atoms with Crippen LogP contribution in [0.4, 0.5) is 10.1 Å². The average molecular weight is 344 g/mol. The van der Waals surface area contributed by atoms with Gasteiger partial charge in [-0.25, -0.2) is 9.37 Å². The minimum Gasteiger partial charge on any atom is -0.477 e. The van der Waals surface area contributed by atoms with Crippen molar-refractivity contribution in [3.05, 3.63) is 53.5 Å². The van der Waals surface area contributed by atoms with Gasteiger partial charge in [-0.1, -0.05) is 6.07 Å². The molecule has 1 aliphatic heterocycles. The first kappa shape index (κ1) is 17.4. The lowest BCUT2D eigenvalue weighted by atomic mass is 10.0. The Hall–Kier alpha value is -2.47. The van der Waals surface area contributed by atoms with Crippen LogP contribution in [0.25, 0.3) is 0 Å². The molecule has 3 rings (SSSR count). The topological polar surface area (TPSA) is 60.5 Å². The third-order valence-corrected chi connectivity index (χ3v) is 4.24. The highest BCUT2D eigenvalue weighted by Crippen LogP contribution is 2.18. The molecule has 0 bridgehead atoms. The normalized spacial score (nSPS) is 15.0. The molecule has 1 amide bonds. The molecule has 0 unspecified atom stereocenters. The molecule has 132 valence electrons. The van der Waals surface area contributed by atoms with Crippen molar-refractivity contribution >= 4 is 11.6 Å². The van der Waals surface area contributed by atoms with E-state index in [0.29, 0.717) is 35.2 Å². The van der Waals surface area contributed by atoms with Crippen LogP contribution in [-0.4, -0.2) is 30.7 Å². The van der Waals surface area contributed by atoms with Gasteiger partial charge in [-0.15, -0.1) is 0 Å².